The third-order valence-corrected chi connectivity index (χ3v) is 5.13. The van der Waals surface area contributed by atoms with Gasteiger partial charge in [0.25, 0.3) is 5.69 Å². The van der Waals surface area contributed by atoms with Crippen molar-refractivity contribution in [3.63, 3.8) is 0 Å². The first-order valence-electron chi connectivity index (χ1n) is 9.48. The Hall–Kier alpha value is -2.44. The quantitative estimate of drug-likeness (QED) is 0.445. The van der Waals surface area contributed by atoms with Gasteiger partial charge >= 0.3 is 5.97 Å². The summed E-state index contributed by atoms with van der Waals surface area (Å²) in [5, 5.41) is 13.5. The number of carbonyl (C=O) groups is 2. The first-order chi connectivity index (χ1) is 12.8. The zero-order valence-electron chi connectivity index (χ0n) is 16.1. The number of amides is 1. The highest BCUT2D eigenvalue weighted by Gasteiger charge is 2.30. The molecule has 1 aromatic carbocycles. The van der Waals surface area contributed by atoms with Gasteiger partial charge in [-0.1, -0.05) is 20.8 Å². The molecule has 1 aromatic rings. The first kappa shape index (κ1) is 20.9. The van der Waals surface area contributed by atoms with Crippen molar-refractivity contribution in [2.24, 2.45) is 17.8 Å². The van der Waals surface area contributed by atoms with E-state index >= 15 is 0 Å². The average Bonchev–Trinajstić information content (AvgIpc) is 2.64. The summed E-state index contributed by atoms with van der Waals surface area (Å²) in [6, 6.07) is 5.15. The summed E-state index contributed by atoms with van der Waals surface area (Å²) in [6.45, 7) is 5.93. The molecule has 1 saturated carbocycles. The number of nitrogens with one attached hydrogen (secondary N) is 1. The highest BCUT2D eigenvalue weighted by Crippen LogP contribution is 2.28. The molecule has 0 aromatic heterocycles. The van der Waals surface area contributed by atoms with E-state index in [1.807, 2.05) is 13.8 Å². The van der Waals surface area contributed by atoms with Crippen molar-refractivity contribution in [1.29, 1.82) is 0 Å². The molecule has 148 valence electrons. The smallest absolute Gasteiger partial charge is 0.329 e. The van der Waals surface area contributed by atoms with E-state index in [2.05, 4.69) is 12.2 Å². The number of rotatable bonds is 7. The summed E-state index contributed by atoms with van der Waals surface area (Å²) >= 11 is 0. The molecule has 2 rings (SSSR count). The molecule has 1 N–H and O–H groups in total. The molecule has 27 heavy (non-hydrogen) atoms. The van der Waals surface area contributed by atoms with E-state index in [1.165, 1.54) is 12.1 Å². The van der Waals surface area contributed by atoms with Crippen molar-refractivity contribution >= 4 is 17.6 Å². The molecule has 0 unspecified atom stereocenters. The van der Waals surface area contributed by atoms with Crippen molar-refractivity contribution in [2.75, 3.05) is 0 Å². The predicted octanol–water partition coefficient (Wildman–Crippen LogP) is 3.61. The maximum atomic E-state index is 12.5. The van der Waals surface area contributed by atoms with Crippen molar-refractivity contribution in [3.05, 3.63) is 39.9 Å². The predicted molar refractivity (Wildman–Crippen MR) is 101 cm³/mol. The highest BCUT2D eigenvalue weighted by atomic mass is 16.6. The molecule has 1 aliphatic carbocycles. The van der Waals surface area contributed by atoms with Crippen LogP contribution in [0.2, 0.25) is 0 Å². The van der Waals surface area contributed by atoms with Gasteiger partial charge in [-0.2, -0.15) is 0 Å². The molecule has 0 aliphatic heterocycles. The molecule has 0 spiro atoms. The largest absolute Gasteiger partial charge is 0.459 e. The third-order valence-electron chi connectivity index (χ3n) is 5.13. The maximum absolute atomic E-state index is 12.5. The second-order valence-electron chi connectivity index (χ2n) is 7.72. The number of ether oxygens (including phenoxy) is 1. The Kier molecular flexibility index (Phi) is 7.33. The lowest BCUT2D eigenvalue weighted by molar-refractivity contribution is -0.384. The summed E-state index contributed by atoms with van der Waals surface area (Å²) in [5.74, 6) is -0.0406. The summed E-state index contributed by atoms with van der Waals surface area (Å²) in [6.07, 6.45) is 3.79. The Morgan fingerprint density at radius 3 is 2.30 bits per heavy atom. The topological polar surface area (TPSA) is 98.5 Å². The lowest BCUT2D eigenvalue weighted by Crippen LogP contribution is -2.47. The van der Waals surface area contributed by atoms with Crippen LogP contribution >= 0.6 is 0 Å². The van der Waals surface area contributed by atoms with E-state index in [0.29, 0.717) is 11.5 Å². The number of carbonyl (C=O) groups excluding carboxylic acids is 2. The first-order valence-corrected chi connectivity index (χ1v) is 9.48. The van der Waals surface area contributed by atoms with Crippen molar-refractivity contribution in [2.45, 2.75) is 59.1 Å². The summed E-state index contributed by atoms with van der Waals surface area (Å²) in [5.41, 5.74) is 0.642. The fourth-order valence-corrected chi connectivity index (χ4v) is 3.25. The van der Waals surface area contributed by atoms with E-state index in [-0.39, 0.29) is 30.0 Å². The molecule has 1 fully saturated rings. The lowest BCUT2D eigenvalue weighted by Gasteiger charge is -2.28. The van der Waals surface area contributed by atoms with Crippen LogP contribution in [-0.2, 0) is 20.9 Å². The fourth-order valence-electron chi connectivity index (χ4n) is 3.25. The SMILES string of the molecule is CC1CCC(C(=O)N[C@@H](C(=O)OCc2ccc([N+](=O)[O-])cc2)C(C)C)CC1. The van der Waals surface area contributed by atoms with Crippen LogP contribution in [0.25, 0.3) is 0 Å². The Labute approximate surface area is 159 Å². The molecule has 0 radical (unpaired) electrons. The number of hydrogen-bond donors (Lipinski definition) is 1. The van der Waals surface area contributed by atoms with Gasteiger partial charge in [-0.25, -0.2) is 4.79 Å². The van der Waals surface area contributed by atoms with Crippen LogP contribution in [0.5, 0.6) is 0 Å². The number of nitrogens with zero attached hydrogens (tertiary/aromatic N) is 1. The number of nitro benzene ring substituents is 1. The monoisotopic (exact) mass is 376 g/mol. The molecular weight excluding hydrogens is 348 g/mol. The van der Waals surface area contributed by atoms with Gasteiger partial charge in [0.1, 0.15) is 12.6 Å². The fraction of sp³-hybridized carbons (Fsp3) is 0.600. The molecule has 0 bridgehead atoms. The molecule has 0 saturated heterocycles. The zero-order valence-corrected chi connectivity index (χ0v) is 16.1. The van der Waals surface area contributed by atoms with Gasteiger partial charge in [0.05, 0.1) is 4.92 Å². The standard InChI is InChI=1S/C20H28N2O5/c1-13(2)18(21-19(23)16-8-4-14(3)5-9-16)20(24)27-12-15-6-10-17(11-7-15)22(25)26/h6-7,10-11,13-14,16,18H,4-5,8-9,12H2,1-3H3,(H,21,23)/t14?,16?,18-/m1/s1. The van der Waals surface area contributed by atoms with Crippen LogP contribution in [0, 0.1) is 27.9 Å². The van der Waals surface area contributed by atoms with E-state index in [0.717, 1.165) is 25.7 Å². The molecular formula is C20H28N2O5. The normalized spacial score (nSPS) is 20.7. The van der Waals surface area contributed by atoms with Gasteiger partial charge in [-0.15, -0.1) is 0 Å². The van der Waals surface area contributed by atoms with Crippen molar-refractivity contribution < 1.29 is 19.2 Å². The molecule has 0 heterocycles. The van der Waals surface area contributed by atoms with Gasteiger partial charge in [0.2, 0.25) is 5.91 Å². The maximum Gasteiger partial charge on any atom is 0.329 e. The van der Waals surface area contributed by atoms with E-state index in [9.17, 15) is 19.7 Å². The van der Waals surface area contributed by atoms with Gasteiger partial charge in [0, 0.05) is 18.1 Å². The van der Waals surface area contributed by atoms with Crippen molar-refractivity contribution in [3.8, 4) is 0 Å². The zero-order chi connectivity index (χ0) is 20.0. The second-order valence-corrected chi connectivity index (χ2v) is 7.72. The Bertz CT molecular complexity index is 663. The Morgan fingerprint density at radius 1 is 1.19 bits per heavy atom. The van der Waals surface area contributed by atoms with Gasteiger partial charge in [0.15, 0.2) is 0 Å². The van der Waals surface area contributed by atoms with Gasteiger partial charge in [-0.3, -0.25) is 14.9 Å². The molecule has 1 amide bonds. The summed E-state index contributed by atoms with van der Waals surface area (Å²) < 4.78 is 5.33. The van der Waals surface area contributed by atoms with Crippen LogP contribution in [0.4, 0.5) is 5.69 Å². The molecule has 1 atom stereocenters. The minimum atomic E-state index is -0.699. The minimum Gasteiger partial charge on any atom is -0.459 e. The Balaban J connectivity index is 1.90. The molecule has 7 nitrogen and oxygen atoms in total. The number of hydrogen-bond acceptors (Lipinski definition) is 5. The van der Waals surface area contributed by atoms with E-state index in [4.69, 9.17) is 4.74 Å². The molecule has 1 aliphatic rings. The van der Waals surface area contributed by atoms with E-state index in [1.54, 1.807) is 12.1 Å². The third kappa shape index (κ3) is 6.05. The summed E-state index contributed by atoms with van der Waals surface area (Å²) in [4.78, 5) is 35.2. The van der Waals surface area contributed by atoms with Gasteiger partial charge in [-0.05, 0) is 55.2 Å². The van der Waals surface area contributed by atoms with Crippen molar-refractivity contribution in [1.82, 2.24) is 5.32 Å². The second kappa shape index (κ2) is 9.48. The number of benzene rings is 1. The average molecular weight is 376 g/mol. The lowest BCUT2D eigenvalue weighted by atomic mass is 9.82. The number of esters is 1. The van der Waals surface area contributed by atoms with Crippen LogP contribution in [0.3, 0.4) is 0 Å². The Morgan fingerprint density at radius 2 is 1.78 bits per heavy atom. The van der Waals surface area contributed by atoms with E-state index < -0.39 is 16.9 Å². The van der Waals surface area contributed by atoms with Gasteiger partial charge < -0.3 is 10.1 Å². The van der Waals surface area contributed by atoms with Crippen LogP contribution < -0.4 is 5.32 Å². The van der Waals surface area contributed by atoms with Crippen LogP contribution in [-0.4, -0.2) is 22.8 Å². The number of nitro groups is 1. The minimum absolute atomic E-state index is 0.0108. The summed E-state index contributed by atoms with van der Waals surface area (Å²) in [7, 11) is 0. The van der Waals surface area contributed by atoms with Crippen LogP contribution in [0.15, 0.2) is 24.3 Å². The number of non-ortho nitro benzene ring substituents is 1. The molecule has 7 heteroatoms. The highest BCUT2D eigenvalue weighted by molar-refractivity contribution is 5.86. The van der Waals surface area contributed by atoms with Crippen LogP contribution in [0.1, 0.15) is 52.0 Å².